The van der Waals surface area contributed by atoms with Crippen LogP contribution in [0.1, 0.15) is 0 Å². The molecule has 0 aliphatic rings. The molecule has 0 aromatic heterocycles. The summed E-state index contributed by atoms with van der Waals surface area (Å²) in [6.45, 7) is 1.26. The lowest BCUT2D eigenvalue weighted by atomic mass is 10.8. The predicted octanol–water partition coefficient (Wildman–Crippen LogP) is 1.98. The van der Waals surface area contributed by atoms with Crippen LogP contribution in [0.25, 0.3) is 0 Å². The molecule has 0 fully saturated rings. The van der Waals surface area contributed by atoms with Crippen LogP contribution in [0, 0.1) is 0 Å². The van der Waals surface area contributed by atoms with Crippen LogP contribution in [0.3, 0.4) is 0 Å². The summed E-state index contributed by atoms with van der Waals surface area (Å²) in [4.78, 5) is 0. The first-order chi connectivity index (χ1) is 5.63. The van der Waals surface area contributed by atoms with Crippen LogP contribution in [-0.2, 0) is 4.57 Å². The fraction of sp³-hybridized carbons (Fsp3) is 1.00. The Morgan fingerprint density at radius 3 is 1.67 bits per heavy atom. The van der Waals surface area contributed by atoms with Crippen molar-refractivity contribution in [2.45, 2.75) is 0 Å². The molecule has 0 radical (unpaired) electrons. The molecule has 0 bridgehead atoms. The lowest BCUT2D eigenvalue weighted by Gasteiger charge is -2.07. The van der Waals surface area contributed by atoms with Crippen molar-refractivity contribution in [3.8, 4) is 0 Å². The number of hydrogen-bond donors (Lipinski definition) is 0. The average Bonchev–Trinajstić information content (AvgIpc) is 2.04. The van der Waals surface area contributed by atoms with E-state index in [1.54, 1.807) is 23.4 Å². The van der Waals surface area contributed by atoms with Gasteiger partial charge in [-0.2, -0.15) is 0 Å². The third-order valence-electron chi connectivity index (χ3n) is 1.40. The lowest BCUT2D eigenvalue weighted by molar-refractivity contribution is 0.430. The summed E-state index contributed by atoms with van der Waals surface area (Å²) in [5.74, 6) is 0.985. The van der Waals surface area contributed by atoms with Crippen molar-refractivity contribution in [2.24, 2.45) is 0 Å². The smallest absolute Gasteiger partial charge is 0.125 e. The summed E-state index contributed by atoms with van der Waals surface area (Å²) in [7, 11) is 2.10. The molecule has 12 heavy (non-hydrogen) atoms. The molecule has 3 nitrogen and oxygen atoms in total. The van der Waals surface area contributed by atoms with Crippen LogP contribution >= 0.6 is 31.3 Å². The zero-order chi connectivity index (χ0) is 9.56. The summed E-state index contributed by atoms with van der Waals surface area (Å²) in [5, 5.41) is 0. The Morgan fingerprint density at radius 2 is 1.42 bits per heavy atom. The maximum atomic E-state index is 11.5. The summed E-state index contributed by atoms with van der Waals surface area (Å²) in [5.41, 5.74) is 0. The summed E-state index contributed by atoms with van der Waals surface area (Å²) in [6, 6.07) is 0. The fourth-order valence-corrected chi connectivity index (χ4v) is 2.48. The molecule has 72 valence electrons. The number of rotatable bonds is 6. The van der Waals surface area contributed by atoms with E-state index in [0.29, 0.717) is 24.8 Å². The molecule has 0 saturated carbocycles. The zero-order valence-electron chi connectivity index (χ0n) is 7.33. The van der Waals surface area contributed by atoms with Crippen LogP contribution in [0.2, 0.25) is 0 Å². The molecular formula is C6H14Cl2N2OP+. The van der Waals surface area contributed by atoms with Gasteiger partial charge in [-0.05, 0) is 4.57 Å². The van der Waals surface area contributed by atoms with Gasteiger partial charge in [0.25, 0.3) is 0 Å². The van der Waals surface area contributed by atoms with Crippen LogP contribution in [0.5, 0.6) is 0 Å². The second-order valence-corrected chi connectivity index (χ2v) is 5.02. The molecule has 0 unspecified atom stereocenters. The molecule has 0 aromatic rings. The first-order valence-corrected chi connectivity index (χ1v) is 5.88. The van der Waals surface area contributed by atoms with Gasteiger partial charge in [0.15, 0.2) is 0 Å². The van der Waals surface area contributed by atoms with E-state index < -0.39 is 8.10 Å². The number of hydrogen-bond acceptors (Lipinski definition) is 1. The normalized spacial score (nSPS) is 11.2. The molecule has 0 heterocycles. The zero-order valence-corrected chi connectivity index (χ0v) is 9.74. The second-order valence-electron chi connectivity index (χ2n) is 2.39. The van der Waals surface area contributed by atoms with E-state index in [1.807, 2.05) is 0 Å². The summed E-state index contributed by atoms with van der Waals surface area (Å²) < 4.78 is 14.9. The number of nitrogens with zero attached hydrogens (tertiary/aromatic N) is 2. The first-order valence-electron chi connectivity index (χ1n) is 3.64. The van der Waals surface area contributed by atoms with Crippen molar-refractivity contribution < 1.29 is 4.57 Å². The molecule has 0 aliphatic carbocycles. The van der Waals surface area contributed by atoms with Gasteiger partial charge in [-0.3, -0.25) is 0 Å². The van der Waals surface area contributed by atoms with Crippen molar-refractivity contribution in [2.75, 3.05) is 38.9 Å². The Hall–Kier alpha value is 0.600. The molecule has 0 atom stereocenters. The topological polar surface area (TPSA) is 23.6 Å². The Bertz CT molecular complexity index is 134. The van der Waals surface area contributed by atoms with E-state index >= 15 is 0 Å². The number of alkyl halides is 2. The minimum Gasteiger partial charge on any atom is -0.125 e. The summed E-state index contributed by atoms with van der Waals surface area (Å²) >= 11 is 11.0. The summed E-state index contributed by atoms with van der Waals surface area (Å²) in [6.07, 6.45) is 0. The fourth-order valence-electron chi connectivity index (χ4n) is 0.676. The molecule has 0 N–H and O–H groups in total. The van der Waals surface area contributed by atoms with Gasteiger partial charge in [-0.25, -0.2) is 0 Å². The highest BCUT2D eigenvalue weighted by Gasteiger charge is 2.28. The molecule has 0 rings (SSSR count). The minimum absolute atomic E-state index is 0.492. The van der Waals surface area contributed by atoms with Gasteiger partial charge >= 0.3 is 8.10 Å². The SMILES string of the molecule is CN(CCCl)[P+](=O)N(C)CCCl. The molecule has 0 saturated heterocycles. The molecule has 6 heteroatoms. The first kappa shape index (κ1) is 12.6. The van der Waals surface area contributed by atoms with E-state index in [2.05, 4.69) is 0 Å². The Kier molecular flexibility index (Phi) is 7.40. The van der Waals surface area contributed by atoms with E-state index in [4.69, 9.17) is 23.2 Å². The largest absolute Gasteiger partial charge is 0.537 e. The van der Waals surface area contributed by atoms with Gasteiger partial charge in [-0.1, -0.05) is 9.34 Å². The van der Waals surface area contributed by atoms with Crippen molar-refractivity contribution in [1.29, 1.82) is 0 Å². The van der Waals surface area contributed by atoms with Gasteiger partial charge in [-0.15, -0.1) is 23.2 Å². The average molecular weight is 232 g/mol. The van der Waals surface area contributed by atoms with Crippen molar-refractivity contribution in [3.63, 3.8) is 0 Å². The molecule has 0 aliphatic heterocycles. The van der Waals surface area contributed by atoms with Crippen LogP contribution in [0.4, 0.5) is 0 Å². The predicted molar refractivity (Wildman–Crippen MR) is 54.3 cm³/mol. The lowest BCUT2D eigenvalue weighted by Crippen LogP contribution is -2.22. The van der Waals surface area contributed by atoms with Gasteiger partial charge in [0.2, 0.25) is 0 Å². The molecule has 0 aromatic carbocycles. The van der Waals surface area contributed by atoms with Crippen LogP contribution in [0.15, 0.2) is 0 Å². The van der Waals surface area contributed by atoms with Crippen LogP contribution in [-0.4, -0.2) is 48.3 Å². The second kappa shape index (κ2) is 7.05. The van der Waals surface area contributed by atoms with Gasteiger partial charge in [0.1, 0.15) is 0 Å². The van der Waals surface area contributed by atoms with Crippen molar-refractivity contribution in [3.05, 3.63) is 0 Å². The third kappa shape index (κ3) is 4.58. The molecular weight excluding hydrogens is 218 g/mol. The Morgan fingerprint density at radius 1 is 1.08 bits per heavy atom. The van der Waals surface area contributed by atoms with Crippen LogP contribution < -0.4 is 0 Å². The highest BCUT2D eigenvalue weighted by molar-refractivity contribution is 7.39. The highest BCUT2D eigenvalue weighted by atomic mass is 35.5. The van der Waals surface area contributed by atoms with Gasteiger partial charge in [0, 0.05) is 25.9 Å². The number of halogens is 2. The van der Waals surface area contributed by atoms with Crippen molar-refractivity contribution in [1.82, 2.24) is 9.34 Å². The minimum atomic E-state index is -1.47. The maximum Gasteiger partial charge on any atom is 0.537 e. The highest BCUT2D eigenvalue weighted by Crippen LogP contribution is 2.28. The quantitative estimate of drug-likeness (QED) is 0.516. The van der Waals surface area contributed by atoms with E-state index in [9.17, 15) is 4.57 Å². The third-order valence-corrected chi connectivity index (χ3v) is 3.31. The van der Waals surface area contributed by atoms with E-state index in [-0.39, 0.29) is 0 Å². The Labute approximate surface area is 84.5 Å². The van der Waals surface area contributed by atoms with Crippen molar-refractivity contribution >= 4 is 31.3 Å². The molecule has 0 spiro atoms. The molecule has 0 amide bonds. The maximum absolute atomic E-state index is 11.5. The van der Waals surface area contributed by atoms with Gasteiger partial charge in [0.05, 0.1) is 13.1 Å². The van der Waals surface area contributed by atoms with E-state index in [0.717, 1.165) is 0 Å². The van der Waals surface area contributed by atoms with E-state index in [1.165, 1.54) is 0 Å². The monoisotopic (exact) mass is 231 g/mol. The standard InChI is InChI=1S/C6H14Cl2N2OP/c1-9(5-3-7)12(11)10(2)6-4-8/h3-6H2,1-2H3/q+1. The van der Waals surface area contributed by atoms with Gasteiger partial charge < -0.3 is 0 Å². The Balaban J connectivity index is 3.82.